The van der Waals surface area contributed by atoms with Gasteiger partial charge in [-0.3, -0.25) is 4.79 Å². The average Bonchev–Trinajstić information content (AvgIpc) is 2.13. The van der Waals surface area contributed by atoms with Crippen LogP contribution in [0.1, 0.15) is 13.3 Å². The van der Waals surface area contributed by atoms with Crippen molar-refractivity contribution in [2.75, 3.05) is 11.5 Å². The minimum absolute atomic E-state index is 0.143. The molecule has 0 aromatic rings. The van der Waals surface area contributed by atoms with Gasteiger partial charge < -0.3 is 4.55 Å². The first kappa shape index (κ1) is 8.43. The van der Waals surface area contributed by atoms with Crippen LogP contribution in [-0.2, 0) is 16.0 Å². The van der Waals surface area contributed by atoms with Gasteiger partial charge in [0.25, 0.3) is 0 Å². The second kappa shape index (κ2) is 3.64. The molecular weight excluding hydrogens is 168 g/mol. The van der Waals surface area contributed by atoms with E-state index in [1.54, 1.807) is 6.92 Å². The van der Waals surface area contributed by atoms with Crippen LogP contribution in [0, 0.1) is 0 Å². The van der Waals surface area contributed by atoms with Crippen LogP contribution in [0.15, 0.2) is 0 Å². The van der Waals surface area contributed by atoms with Crippen LogP contribution in [0.3, 0.4) is 0 Å². The Morgan fingerprint density at radius 2 is 2.50 bits per heavy atom. The lowest BCUT2D eigenvalue weighted by Gasteiger charge is -2.02. The summed E-state index contributed by atoms with van der Waals surface area (Å²) in [6, 6.07) is 0. The number of rotatable bonds is 1. The summed E-state index contributed by atoms with van der Waals surface area (Å²) in [5, 5.41) is 0.474. The van der Waals surface area contributed by atoms with Gasteiger partial charge in [-0.2, -0.15) is 0 Å². The molecule has 1 rings (SSSR count). The minimum Gasteiger partial charge on any atom is -0.616 e. The molecule has 1 fully saturated rings. The van der Waals surface area contributed by atoms with E-state index in [1.807, 2.05) is 0 Å². The summed E-state index contributed by atoms with van der Waals surface area (Å²) in [5.41, 5.74) is 0. The summed E-state index contributed by atoms with van der Waals surface area (Å²) in [4.78, 5) is 10.6. The van der Waals surface area contributed by atoms with Crippen LogP contribution < -0.4 is 0 Å². The quantitative estimate of drug-likeness (QED) is 0.557. The Balaban J connectivity index is 2.24. The van der Waals surface area contributed by atoms with Gasteiger partial charge in [-0.05, 0) is 0 Å². The minimum atomic E-state index is -0.642. The number of hydrogen-bond donors (Lipinski definition) is 0. The van der Waals surface area contributed by atoms with E-state index >= 15 is 0 Å². The largest absolute Gasteiger partial charge is 0.616 e. The summed E-state index contributed by atoms with van der Waals surface area (Å²) in [5.74, 6) is 1.50. The van der Waals surface area contributed by atoms with Gasteiger partial charge in [0.1, 0.15) is 11.5 Å². The number of thioether (sulfide) groups is 1. The molecule has 1 heterocycles. The Hall–Kier alpha value is 0.330. The molecule has 0 aliphatic carbocycles. The second-order valence-electron chi connectivity index (χ2n) is 2.33. The van der Waals surface area contributed by atoms with Crippen molar-refractivity contribution in [3.63, 3.8) is 0 Å². The van der Waals surface area contributed by atoms with Crippen LogP contribution >= 0.6 is 11.8 Å². The van der Waals surface area contributed by atoms with Crippen molar-refractivity contribution in [1.82, 2.24) is 0 Å². The van der Waals surface area contributed by atoms with Crippen molar-refractivity contribution < 1.29 is 9.35 Å². The molecule has 1 saturated heterocycles. The number of carbonyl (C=O) groups excluding carboxylic acids is 1. The van der Waals surface area contributed by atoms with E-state index < -0.39 is 11.2 Å². The molecular formula is C6H10O2S2. The van der Waals surface area contributed by atoms with Gasteiger partial charge in [0.15, 0.2) is 5.12 Å². The first-order valence-corrected chi connectivity index (χ1v) is 5.57. The zero-order valence-electron chi connectivity index (χ0n) is 5.83. The summed E-state index contributed by atoms with van der Waals surface area (Å²) >= 11 is 0.691. The summed E-state index contributed by atoms with van der Waals surface area (Å²) in [6.07, 6.45) is 0.941. The van der Waals surface area contributed by atoms with Crippen LogP contribution in [-0.4, -0.2) is 26.4 Å². The van der Waals surface area contributed by atoms with Crippen LogP contribution in [0.5, 0.6) is 0 Å². The molecule has 1 aliphatic heterocycles. The van der Waals surface area contributed by atoms with Gasteiger partial charge in [-0.15, -0.1) is 0 Å². The van der Waals surface area contributed by atoms with Crippen LogP contribution in [0.25, 0.3) is 0 Å². The molecule has 0 spiro atoms. The van der Waals surface area contributed by atoms with Gasteiger partial charge in [0.2, 0.25) is 0 Å². The number of hydrogen-bond acceptors (Lipinski definition) is 3. The van der Waals surface area contributed by atoms with E-state index in [2.05, 4.69) is 0 Å². The highest BCUT2D eigenvalue weighted by atomic mass is 32.2. The van der Waals surface area contributed by atoms with Gasteiger partial charge in [-0.25, -0.2) is 0 Å². The molecule has 0 N–H and O–H groups in total. The smallest absolute Gasteiger partial charge is 0.186 e. The second-order valence-corrected chi connectivity index (χ2v) is 5.43. The highest BCUT2D eigenvalue weighted by molar-refractivity contribution is 8.14. The van der Waals surface area contributed by atoms with E-state index in [4.69, 9.17) is 0 Å². The molecule has 2 atom stereocenters. The highest BCUT2D eigenvalue weighted by Crippen LogP contribution is 2.24. The molecule has 0 amide bonds. The Labute approximate surface area is 67.9 Å². The first-order valence-electron chi connectivity index (χ1n) is 3.20. The predicted octanol–water partition coefficient (Wildman–Crippen LogP) is 0.787. The fourth-order valence-corrected chi connectivity index (χ4v) is 3.84. The summed E-state index contributed by atoms with van der Waals surface area (Å²) in [7, 11) is 0. The third-order valence-corrected chi connectivity index (χ3v) is 4.12. The highest BCUT2D eigenvalue weighted by Gasteiger charge is 2.27. The lowest BCUT2D eigenvalue weighted by atomic mass is 10.4. The normalized spacial score (nSPS) is 32.6. The molecule has 0 radical (unpaired) electrons. The predicted molar refractivity (Wildman–Crippen MR) is 44.6 cm³/mol. The third kappa shape index (κ3) is 2.52. The van der Waals surface area contributed by atoms with Gasteiger partial charge >= 0.3 is 0 Å². The fraction of sp³-hybridized carbons (Fsp3) is 0.833. The van der Waals surface area contributed by atoms with Crippen molar-refractivity contribution in [2.45, 2.75) is 18.6 Å². The number of carbonyl (C=O) groups is 1. The zero-order valence-corrected chi connectivity index (χ0v) is 7.46. The Bertz CT molecular complexity index is 138. The maximum atomic E-state index is 10.8. The van der Waals surface area contributed by atoms with Crippen molar-refractivity contribution in [1.29, 1.82) is 0 Å². The SMILES string of the molecule is CC(=O)S[C@H]1CC[S@@+]([O-])C1. The molecule has 58 valence electrons. The topological polar surface area (TPSA) is 40.1 Å². The van der Waals surface area contributed by atoms with E-state index in [0.29, 0.717) is 11.0 Å². The molecule has 0 unspecified atom stereocenters. The van der Waals surface area contributed by atoms with Crippen molar-refractivity contribution >= 4 is 28.1 Å². The molecule has 10 heavy (non-hydrogen) atoms. The third-order valence-electron chi connectivity index (χ3n) is 1.37. The van der Waals surface area contributed by atoms with E-state index in [9.17, 15) is 9.35 Å². The molecule has 0 bridgehead atoms. The lowest BCUT2D eigenvalue weighted by Crippen LogP contribution is -2.07. The fourth-order valence-electron chi connectivity index (χ4n) is 0.965. The Kier molecular flexibility index (Phi) is 3.07. The maximum Gasteiger partial charge on any atom is 0.186 e. The molecule has 1 aliphatic rings. The van der Waals surface area contributed by atoms with Gasteiger partial charge in [0.05, 0.1) is 5.25 Å². The van der Waals surface area contributed by atoms with Gasteiger partial charge in [-0.1, -0.05) is 22.9 Å². The Morgan fingerprint density at radius 3 is 2.90 bits per heavy atom. The van der Waals surface area contributed by atoms with Crippen molar-refractivity contribution in [2.24, 2.45) is 0 Å². The van der Waals surface area contributed by atoms with Gasteiger partial charge in [0, 0.05) is 13.3 Å². The van der Waals surface area contributed by atoms with Crippen molar-refractivity contribution in [3.05, 3.63) is 0 Å². The molecule has 0 aromatic carbocycles. The zero-order chi connectivity index (χ0) is 7.56. The molecule has 0 saturated carbocycles. The van der Waals surface area contributed by atoms with E-state index in [-0.39, 0.29) is 5.12 Å². The summed E-state index contributed by atoms with van der Waals surface area (Å²) < 4.78 is 10.8. The van der Waals surface area contributed by atoms with Crippen LogP contribution in [0.2, 0.25) is 0 Å². The molecule has 2 nitrogen and oxygen atoms in total. The first-order chi connectivity index (χ1) is 4.68. The molecule has 0 aromatic heterocycles. The van der Waals surface area contributed by atoms with Crippen molar-refractivity contribution in [3.8, 4) is 0 Å². The van der Waals surface area contributed by atoms with E-state index in [1.165, 1.54) is 11.8 Å². The lowest BCUT2D eigenvalue weighted by molar-refractivity contribution is -0.109. The monoisotopic (exact) mass is 178 g/mol. The average molecular weight is 178 g/mol. The van der Waals surface area contributed by atoms with Crippen LogP contribution in [0.4, 0.5) is 0 Å². The van der Waals surface area contributed by atoms with E-state index in [0.717, 1.165) is 12.2 Å². The molecule has 4 heteroatoms. The summed E-state index contributed by atoms with van der Waals surface area (Å²) in [6.45, 7) is 1.56. The Morgan fingerprint density at radius 1 is 1.80 bits per heavy atom. The standard InChI is InChI=1S/C6H10O2S2/c1-5(7)9-6-2-3-10(8)4-6/h6H,2-4H2,1H3/t6-,10+/m0/s1. The maximum absolute atomic E-state index is 10.8.